The molecule has 0 saturated carbocycles. The second-order valence-electron chi connectivity index (χ2n) is 6.99. The Bertz CT molecular complexity index is 802. The third-order valence-corrected chi connectivity index (χ3v) is 5.51. The lowest BCUT2D eigenvalue weighted by Crippen LogP contribution is -2.41. The standard InChI is InChI=1S/C22H29ClN4O.HI/c1-24-22(25-13-11-18-7-3-4-8-19(18)23)26-15-17-12-14-27(16-17)20-9-5-6-10-21(20)28-2;/h3-10,17H,11-16H2,1-2H3,(H2,24,25,26);1H. The molecule has 7 heteroatoms. The maximum absolute atomic E-state index is 6.22. The van der Waals surface area contributed by atoms with Crippen LogP contribution in [0.15, 0.2) is 53.5 Å². The molecule has 1 atom stereocenters. The second-order valence-corrected chi connectivity index (χ2v) is 7.40. The smallest absolute Gasteiger partial charge is 0.190 e. The molecule has 5 nitrogen and oxygen atoms in total. The number of hydrogen-bond donors (Lipinski definition) is 2. The van der Waals surface area contributed by atoms with Gasteiger partial charge in [0.2, 0.25) is 0 Å². The van der Waals surface area contributed by atoms with Gasteiger partial charge in [0.1, 0.15) is 5.75 Å². The van der Waals surface area contributed by atoms with Crippen LogP contribution in [-0.2, 0) is 6.42 Å². The number of anilines is 1. The van der Waals surface area contributed by atoms with Gasteiger partial charge in [0.05, 0.1) is 12.8 Å². The molecule has 2 aromatic rings. The molecule has 0 radical (unpaired) electrons. The van der Waals surface area contributed by atoms with Crippen molar-refractivity contribution >= 4 is 47.2 Å². The highest BCUT2D eigenvalue weighted by Gasteiger charge is 2.24. The average molecular weight is 529 g/mol. The SMILES string of the molecule is CN=C(NCCc1ccccc1Cl)NCC1CCN(c2ccccc2OC)C1.I. The first-order valence-corrected chi connectivity index (χ1v) is 10.1. The fourth-order valence-electron chi connectivity index (χ4n) is 3.59. The van der Waals surface area contributed by atoms with E-state index in [2.05, 4.69) is 38.7 Å². The largest absolute Gasteiger partial charge is 0.495 e. The van der Waals surface area contributed by atoms with Crippen LogP contribution in [0.25, 0.3) is 0 Å². The molecular weight excluding hydrogens is 499 g/mol. The fourth-order valence-corrected chi connectivity index (χ4v) is 3.82. The van der Waals surface area contributed by atoms with E-state index >= 15 is 0 Å². The van der Waals surface area contributed by atoms with Crippen LogP contribution in [0, 0.1) is 5.92 Å². The van der Waals surface area contributed by atoms with Crippen LogP contribution in [-0.4, -0.2) is 46.3 Å². The molecule has 0 bridgehead atoms. The molecular formula is C22H30ClIN4O. The number of guanidine groups is 1. The molecule has 1 heterocycles. The predicted molar refractivity (Wildman–Crippen MR) is 133 cm³/mol. The normalized spacial score (nSPS) is 16.3. The number of hydrogen-bond acceptors (Lipinski definition) is 3. The third kappa shape index (κ3) is 6.67. The minimum absolute atomic E-state index is 0. The van der Waals surface area contributed by atoms with Crippen molar-refractivity contribution < 1.29 is 4.74 Å². The van der Waals surface area contributed by atoms with Crippen molar-refractivity contribution in [3.8, 4) is 5.75 Å². The summed E-state index contributed by atoms with van der Waals surface area (Å²) in [5.74, 6) is 2.35. The van der Waals surface area contributed by atoms with Gasteiger partial charge in [-0.05, 0) is 42.5 Å². The minimum atomic E-state index is 0. The van der Waals surface area contributed by atoms with Gasteiger partial charge in [-0.1, -0.05) is 41.9 Å². The highest BCUT2D eigenvalue weighted by atomic mass is 127. The van der Waals surface area contributed by atoms with Crippen molar-refractivity contribution in [1.82, 2.24) is 10.6 Å². The Labute approximate surface area is 195 Å². The molecule has 29 heavy (non-hydrogen) atoms. The number of halogens is 2. The number of aliphatic imine (C=N–C) groups is 1. The number of benzene rings is 2. The van der Waals surface area contributed by atoms with Crippen molar-refractivity contribution in [1.29, 1.82) is 0 Å². The molecule has 1 saturated heterocycles. The van der Waals surface area contributed by atoms with Crippen molar-refractivity contribution in [3.63, 3.8) is 0 Å². The fraction of sp³-hybridized carbons (Fsp3) is 0.409. The predicted octanol–water partition coefficient (Wildman–Crippen LogP) is 4.20. The van der Waals surface area contributed by atoms with Crippen LogP contribution in [0.3, 0.4) is 0 Å². The maximum Gasteiger partial charge on any atom is 0.190 e. The van der Waals surface area contributed by atoms with Gasteiger partial charge in [-0.2, -0.15) is 0 Å². The Hall–Kier alpha value is -1.67. The molecule has 1 fully saturated rings. The summed E-state index contributed by atoms with van der Waals surface area (Å²) < 4.78 is 5.50. The summed E-state index contributed by atoms with van der Waals surface area (Å²) >= 11 is 6.22. The van der Waals surface area contributed by atoms with Gasteiger partial charge in [-0.25, -0.2) is 0 Å². The number of nitrogens with zero attached hydrogens (tertiary/aromatic N) is 2. The topological polar surface area (TPSA) is 48.9 Å². The van der Waals surface area contributed by atoms with Crippen LogP contribution < -0.4 is 20.3 Å². The summed E-state index contributed by atoms with van der Waals surface area (Å²) in [4.78, 5) is 6.74. The first-order valence-electron chi connectivity index (χ1n) is 9.77. The van der Waals surface area contributed by atoms with E-state index < -0.39 is 0 Å². The van der Waals surface area contributed by atoms with Crippen molar-refractivity contribution in [2.24, 2.45) is 10.9 Å². The van der Waals surface area contributed by atoms with Gasteiger partial charge in [0.25, 0.3) is 0 Å². The Kier molecular flexibility index (Phi) is 9.87. The van der Waals surface area contributed by atoms with E-state index in [1.54, 1.807) is 14.2 Å². The minimum Gasteiger partial charge on any atom is -0.495 e. The van der Waals surface area contributed by atoms with Gasteiger partial charge >= 0.3 is 0 Å². The maximum atomic E-state index is 6.22. The number of methoxy groups -OCH3 is 1. The molecule has 2 aromatic carbocycles. The number of nitrogens with one attached hydrogen (secondary N) is 2. The average Bonchev–Trinajstić information content (AvgIpc) is 3.20. The summed E-state index contributed by atoms with van der Waals surface area (Å²) in [6, 6.07) is 16.2. The lowest BCUT2D eigenvalue weighted by molar-refractivity contribution is 0.414. The van der Waals surface area contributed by atoms with Gasteiger partial charge in [-0.3, -0.25) is 4.99 Å². The molecule has 1 aliphatic rings. The molecule has 1 unspecified atom stereocenters. The zero-order chi connectivity index (χ0) is 19.8. The van der Waals surface area contributed by atoms with Gasteiger partial charge in [0, 0.05) is 38.2 Å². The summed E-state index contributed by atoms with van der Waals surface area (Å²) in [6.45, 7) is 3.76. The summed E-state index contributed by atoms with van der Waals surface area (Å²) in [7, 11) is 3.53. The quantitative estimate of drug-likeness (QED) is 0.321. The summed E-state index contributed by atoms with van der Waals surface area (Å²) in [6.07, 6.45) is 2.02. The molecule has 0 aliphatic carbocycles. The lowest BCUT2D eigenvalue weighted by Gasteiger charge is -2.21. The zero-order valence-corrected chi connectivity index (χ0v) is 20.1. The van der Waals surface area contributed by atoms with Crippen LogP contribution >= 0.6 is 35.6 Å². The van der Waals surface area contributed by atoms with Gasteiger partial charge in [-0.15, -0.1) is 24.0 Å². The molecule has 0 amide bonds. The van der Waals surface area contributed by atoms with E-state index in [0.29, 0.717) is 5.92 Å². The monoisotopic (exact) mass is 528 g/mol. The number of para-hydroxylation sites is 2. The molecule has 1 aliphatic heterocycles. The molecule has 2 N–H and O–H groups in total. The molecule has 3 rings (SSSR count). The lowest BCUT2D eigenvalue weighted by atomic mass is 10.1. The molecule has 0 spiro atoms. The number of rotatable bonds is 7. The van der Waals surface area contributed by atoms with Crippen molar-refractivity contribution in [2.45, 2.75) is 12.8 Å². The van der Waals surface area contributed by atoms with E-state index in [0.717, 1.165) is 61.3 Å². The van der Waals surface area contributed by atoms with Crippen LogP contribution in [0.2, 0.25) is 5.02 Å². The highest BCUT2D eigenvalue weighted by molar-refractivity contribution is 14.0. The van der Waals surface area contributed by atoms with Gasteiger partial charge < -0.3 is 20.3 Å². The Morgan fingerprint density at radius 1 is 1.17 bits per heavy atom. The van der Waals surface area contributed by atoms with Crippen LogP contribution in [0.5, 0.6) is 5.75 Å². The van der Waals surface area contributed by atoms with Crippen LogP contribution in [0.4, 0.5) is 5.69 Å². The van der Waals surface area contributed by atoms with Crippen molar-refractivity contribution in [2.75, 3.05) is 45.2 Å². The van der Waals surface area contributed by atoms with Gasteiger partial charge in [0.15, 0.2) is 5.96 Å². The van der Waals surface area contributed by atoms with E-state index in [9.17, 15) is 0 Å². The first-order chi connectivity index (χ1) is 13.7. The zero-order valence-electron chi connectivity index (χ0n) is 17.0. The van der Waals surface area contributed by atoms with E-state index in [1.807, 2.05) is 30.3 Å². The van der Waals surface area contributed by atoms with Crippen LogP contribution in [0.1, 0.15) is 12.0 Å². The summed E-state index contributed by atoms with van der Waals surface area (Å²) in [5.41, 5.74) is 2.32. The highest BCUT2D eigenvalue weighted by Crippen LogP contribution is 2.31. The van der Waals surface area contributed by atoms with E-state index in [4.69, 9.17) is 16.3 Å². The molecule has 0 aromatic heterocycles. The first kappa shape index (κ1) is 23.6. The Morgan fingerprint density at radius 2 is 1.93 bits per heavy atom. The molecule has 158 valence electrons. The number of ether oxygens (including phenoxy) is 1. The Balaban J connectivity index is 0.00000300. The summed E-state index contributed by atoms with van der Waals surface area (Å²) in [5, 5.41) is 7.65. The van der Waals surface area contributed by atoms with Crippen molar-refractivity contribution in [3.05, 3.63) is 59.1 Å². The third-order valence-electron chi connectivity index (χ3n) is 5.14. The Morgan fingerprint density at radius 3 is 2.69 bits per heavy atom. The second kappa shape index (κ2) is 12.1. The van der Waals surface area contributed by atoms with E-state index in [1.165, 1.54) is 5.69 Å². The van der Waals surface area contributed by atoms with E-state index in [-0.39, 0.29) is 24.0 Å².